The molecule has 0 N–H and O–H groups in total. The molecule has 2 aliphatic rings. The van der Waals surface area contributed by atoms with E-state index in [1.165, 1.54) is 0 Å². The van der Waals surface area contributed by atoms with Crippen molar-refractivity contribution < 1.29 is 19.0 Å². The lowest BCUT2D eigenvalue weighted by atomic mass is 10.1. The normalized spacial score (nSPS) is 17.5. The van der Waals surface area contributed by atoms with Crippen LogP contribution < -0.4 is 9.47 Å². The second-order valence-corrected chi connectivity index (χ2v) is 6.67. The third-order valence-electron chi connectivity index (χ3n) is 3.88. The number of rotatable bonds is 3. The molecular weight excluding hydrogens is 398 g/mol. The van der Waals surface area contributed by atoms with Gasteiger partial charge in [0.25, 0.3) is 0 Å². The SMILES string of the molecule is CC(/C=C1\N=C(c2ccccc2Br)OC1=O)=C\c1ccc2c(c1)OCO2. The van der Waals surface area contributed by atoms with Crippen LogP contribution >= 0.6 is 15.9 Å². The summed E-state index contributed by atoms with van der Waals surface area (Å²) in [5, 5.41) is 0. The van der Waals surface area contributed by atoms with Gasteiger partial charge in [-0.25, -0.2) is 9.79 Å². The molecule has 4 rings (SSSR count). The van der Waals surface area contributed by atoms with Crippen molar-refractivity contribution in [3.05, 3.63) is 75.4 Å². The number of aliphatic imine (C=N–C) groups is 1. The third-order valence-corrected chi connectivity index (χ3v) is 4.57. The van der Waals surface area contributed by atoms with E-state index in [9.17, 15) is 4.79 Å². The second-order valence-electron chi connectivity index (χ2n) is 5.82. The molecule has 2 aromatic carbocycles. The molecule has 2 heterocycles. The summed E-state index contributed by atoms with van der Waals surface area (Å²) in [4.78, 5) is 16.5. The zero-order chi connectivity index (χ0) is 18.1. The van der Waals surface area contributed by atoms with Gasteiger partial charge in [0.15, 0.2) is 17.2 Å². The van der Waals surface area contributed by atoms with Crippen LogP contribution in [0.3, 0.4) is 0 Å². The Morgan fingerprint density at radius 1 is 1.15 bits per heavy atom. The maximum Gasteiger partial charge on any atom is 0.363 e. The molecule has 0 unspecified atom stereocenters. The number of carbonyl (C=O) groups is 1. The van der Waals surface area contributed by atoms with Crippen molar-refractivity contribution in [2.24, 2.45) is 4.99 Å². The van der Waals surface area contributed by atoms with Gasteiger partial charge < -0.3 is 14.2 Å². The number of esters is 1. The van der Waals surface area contributed by atoms with Crippen LogP contribution in [0.4, 0.5) is 0 Å². The van der Waals surface area contributed by atoms with Crippen molar-refractivity contribution in [2.45, 2.75) is 6.92 Å². The van der Waals surface area contributed by atoms with Gasteiger partial charge in [0.05, 0.1) is 5.56 Å². The highest BCUT2D eigenvalue weighted by Crippen LogP contribution is 2.33. The Balaban J connectivity index is 1.61. The van der Waals surface area contributed by atoms with Crippen LogP contribution in [0.1, 0.15) is 18.1 Å². The van der Waals surface area contributed by atoms with Crippen molar-refractivity contribution in [1.82, 2.24) is 0 Å². The minimum absolute atomic E-state index is 0.240. The number of fused-ring (bicyclic) bond motifs is 1. The van der Waals surface area contributed by atoms with Gasteiger partial charge in [0.2, 0.25) is 12.7 Å². The first kappa shape index (κ1) is 16.6. The van der Waals surface area contributed by atoms with E-state index in [4.69, 9.17) is 14.2 Å². The summed E-state index contributed by atoms with van der Waals surface area (Å²) in [7, 11) is 0. The van der Waals surface area contributed by atoms with Crippen molar-refractivity contribution in [3.63, 3.8) is 0 Å². The molecule has 0 bridgehead atoms. The van der Waals surface area contributed by atoms with Crippen LogP contribution in [-0.2, 0) is 9.53 Å². The number of benzene rings is 2. The number of carbonyl (C=O) groups excluding carboxylic acids is 1. The topological polar surface area (TPSA) is 57.1 Å². The summed E-state index contributed by atoms with van der Waals surface area (Å²) >= 11 is 3.44. The molecule has 2 aromatic rings. The Kier molecular flexibility index (Phi) is 4.34. The number of halogens is 1. The van der Waals surface area contributed by atoms with Crippen LogP contribution in [0.5, 0.6) is 11.5 Å². The van der Waals surface area contributed by atoms with E-state index in [-0.39, 0.29) is 12.5 Å². The number of hydrogen-bond donors (Lipinski definition) is 0. The van der Waals surface area contributed by atoms with Gasteiger partial charge >= 0.3 is 5.97 Å². The number of allylic oxidation sites excluding steroid dienone is 2. The van der Waals surface area contributed by atoms with E-state index in [0.29, 0.717) is 11.6 Å². The van der Waals surface area contributed by atoms with Crippen LogP contribution in [0.25, 0.3) is 6.08 Å². The van der Waals surface area contributed by atoms with E-state index in [1.54, 1.807) is 6.08 Å². The molecular formula is C20H14BrNO4. The summed E-state index contributed by atoms with van der Waals surface area (Å²) in [6, 6.07) is 13.2. The maximum absolute atomic E-state index is 12.1. The molecule has 0 saturated heterocycles. The van der Waals surface area contributed by atoms with E-state index in [2.05, 4.69) is 20.9 Å². The first-order valence-electron chi connectivity index (χ1n) is 7.95. The highest BCUT2D eigenvalue weighted by molar-refractivity contribution is 9.10. The van der Waals surface area contributed by atoms with Gasteiger partial charge in [-0.3, -0.25) is 0 Å². The zero-order valence-electron chi connectivity index (χ0n) is 13.9. The lowest BCUT2D eigenvalue weighted by molar-refractivity contribution is -0.130. The number of nitrogens with zero attached hydrogens (tertiary/aromatic N) is 1. The number of hydrogen-bond acceptors (Lipinski definition) is 5. The van der Waals surface area contributed by atoms with E-state index >= 15 is 0 Å². The van der Waals surface area contributed by atoms with Gasteiger partial charge in [0.1, 0.15) is 0 Å². The third kappa shape index (κ3) is 3.28. The Hall–Kier alpha value is -2.86. The molecule has 0 fully saturated rings. The molecule has 0 spiro atoms. The molecule has 5 nitrogen and oxygen atoms in total. The van der Waals surface area contributed by atoms with E-state index in [1.807, 2.05) is 55.5 Å². The van der Waals surface area contributed by atoms with Crippen LogP contribution in [-0.4, -0.2) is 18.7 Å². The summed E-state index contributed by atoms with van der Waals surface area (Å²) in [5.74, 6) is 1.28. The Morgan fingerprint density at radius 2 is 1.96 bits per heavy atom. The molecule has 0 aliphatic carbocycles. The van der Waals surface area contributed by atoms with Gasteiger partial charge in [-0.1, -0.05) is 24.3 Å². The van der Waals surface area contributed by atoms with Crippen molar-refractivity contribution in [3.8, 4) is 11.5 Å². The molecule has 0 saturated carbocycles. The Bertz CT molecular complexity index is 991. The highest BCUT2D eigenvalue weighted by atomic mass is 79.9. The average Bonchev–Trinajstić information content (AvgIpc) is 3.22. The van der Waals surface area contributed by atoms with Crippen molar-refractivity contribution >= 4 is 33.9 Å². The van der Waals surface area contributed by atoms with Crippen LogP contribution in [0.2, 0.25) is 0 Å². The molecule has 0 atom stereocenters. The molecule has 6 heteroatoms. The maximum atomic E-state index is 12.1. The number of ether oxygens (including phenoxy) is 3. The minimum Gasteiger partial charge on any atom is -0.454 e. The summed E-state index contributed by atoms with van der Waals surface area (Å²) in [5.41, 5.74) is 2.82. The molecule has 0 radical (unpaired) electrons. The van der Waals surface area contributed by atoms with E-state index < -0.39 is 5.97 Å². The van der Waals surface area contributed by atoms with Gasteiger partial charge in [0, 0.05) is 4.47 Å². The molecule has 2 aliphatic heterocycles. The standard InChI is InChI=1S/C20H14BrNO4/c1-12(8-13-6-7-17-18(10-13)25-11-24-17)9-16-20(23)26-19(22-16)14-4-2-3-5-15(14)21/h2-10H,11H2,1H3/b12-8+,16-9-. The van der Waals surface area contributed by atoms with Gasteiger partial charge in [-0.15, -0.1) is 0 Å². The summed E-state index contributed by atoms with van der Waals surface area (Å²) in [6.07, 6.45) is 3.64. The second kappa shape index (κ2) is 6.80. The predicted octanol–water partition coefficient (Wildman–Crippen LogP) is 4.47. The lowest BCUT2D eigenvalue weighted by Crippen LogP contribution is -2.05. The molecule has 130 valence electrons. The fraction of sp³-hybridized carbons (Fsp3) is 0.100. The minimum atomic E-state index is -0.464. The zero-order valence-corrected chi connectivity index (χ0v) is 15.4. The smallest absolute Gasteiger partial charge is 0.363 e. The van der Waals surface area contributed by atoms with Gasteiger partial charge in [-0.05, 0) is 64.3 Å². The Morgan fingerprint density at radius 3 is 2.81 bits per heavy atom. The van der Waals surface area contributed by atoms with Crippen molar-refractivity contribution in [1.29, 1.82) is 0 Å². The fourth-order valence-electron chi connectivity index (χ4n) is 2.68. The van der Waals surface area contributed by atoms with Crippen LogP contribution in [0.15, 0.2) is 69.3 Å². The average molecular weight is 412 g/mol. The van der Waals surface area contributed by atoms with Crippen molar-refractivity contribution in [2.75, 3.05) is 6.79 Å². The van der Waals surface area contributed by atoms with Crippen LogP contribution in [0, 0.1) is 0 Å². The first-order valence-corrected chi connectivity index (χ1v) is 8.75. The van der Waals surface area contributed by atoms with Gasteiger partial charge in [-0.2, -0.15) is 0 Å². The molecule has 0 aromatic heterocycles. The highest BCUT2D eigenvalue weighted by Gasteiger charge is 2.25. The quantitative estimate of drug-likeness (QED) is 0.552. The largest absolute Gasteiger partial charge is 0.454 e. The monoisotopic (exact) mass is 411 g/mol. The molecule has 26 heavy (non-hydrogen) atoms. The first-order chi connectivity index (χ1) is 12.6. The Labute approximate surface area is 158 Å². The molecule has 0 amide bonds. The fourth-order valence-corrected chi connectivity index (χ4v) is 3.14. The summed E-state index contributed by atoms with van der Waals surface area (Å²) < 4.78 is 16.8. The lowest BCUT2D eigenvalue weighted by Gasteiger charge is -2.01. The summed E-state index contributed by atoms with van der Waals surface area (Å²) in [6.45, 7) is 2.14. The number of cyclic esters (lactones) is 1. The predicted molar refractivity (Wildman–Crippen MR) is 101 cm³/mol. The van der Waals surface area contributed by atoms with E-state index in [0.717, 1.165) is 26.9 Å².